The monoisotopic (exact) mass is 185 g/mol. The molecule has 0 aliphatic carbocycles. The molecule has 0 amide bonds. The van der Waals surface area contributed by atoms with Gasteiger partial charge in [0.1, 0.15) is 0 Å². The zero-order chi connectivity index (χ0) is 9.84. The average molecular weight is 185 g/mol. The van der Waals surface area contributed by atoms with Gasteiger partial charge in [-0.1, -0.05) is 13.3 Å². The van der Waals surface area contributed by atoms with E-state index in [-0.39, 0.29) is 0 Å². The fraction of sp³-hybridized carbons (Fsp3) is 1.00. The molecule has 1 saturated heterocycles. The first-order valence-corrected chi connectivity index (χ1v) is 5.53. The predicted octanol–water partition coefficient (Wildman–Crippen LogP) is 2.28. The van der Waals surface area contributed by atoms with Crippen molar-refractivity contribution >= 4 is 0 Å². The molecule has 13 heavy (non-hydrogen) atoms. The van der Waals surface area contributed by atoms with Gasteiger partial charge >= 0.3 is 0 Å². The van der Waals surface area contributed by atoms with E-state index in [0.717, 1.165) is 19.1 Å². The minimum absolute atomic E-state index is 0.406. The van der Waals surface area contributed by atoms with Crippen molar-refractivity contribution in [1.29, 1.82) is 0 Å². The van der Waals surface area contributed by atoms with E-state index < -0.39 is 0 Å². The number of ether oxygens (including phenoxy) is 1. The van der Waals surface area contributed by atoms with Crippen molar-refractivity contribution in [3.05, 3.63) is 0 Å². The third-order valence-corrected chi connectivity index (χ3v) is 2.78. The van der Waals surface area contributed by atoms with Crippen molar-refractivity contribution in [2.45, 2.75) is 58.8 Å². The Hall–Kier alpha value is -0.0800. The largest absolute Gasteiger partial charge is 0.373 e. The maximum absolute atomic E-state index is 5.70. The molecule has 3 atom stereocenters. The van der Waals surface area contributed by atoms with E-state index >= 15 is 0 Å². The summed E-state index contributed by atoms with van der Waals surface area (Å²) in [5.74, 6) is 0. The normalized spacial score (nSPS) is 33.2. The highest BCUT2D eigenvalue weighted by Gasteiger charge is 2.24. The van der Waals surface area contributed by atoms with E-state index in [9.17, 15) is 0 Å². The van der Waals surface area contributed by atoms with Crippen molar-refractivity contribution in [1.82, 2.24) is 4.90 Å². The maximum Gasteiger partial charge on any atom is 0.0678 e. The molecular formula is C11H23NO. The molecular weight excluding hydrogens is 162 g/mol. The van der Waals surface area contributed by atoms with Gasteiger partial charge < -0.3 is 4.74 Å². The first kappa shape index (κ1) is 11.0. The number of nitrogens with zero attached hydrogens (tertiary/aromatic N) is 1. The lowest BCUT2D eigenvalue weighted by atomic mass is 10.1. The molecule has 1 heterocycles. The molecule has 1 rings (SSSR count). The Morgan fingerprint density at radius 3 is 2.31 bits per heavy atom. The van der Waals surface area contributed by atoms with Gasteiger partial charge in [-0.25, -0.2) is 0 Å². The minimum atomic E-state index is 0.406. The quantitative estimate of drug-likeness (QED) is 0.669. The van der Waals surface area contributed by atoms with E-state index in [0.29, 0.717) is 12.2 Å². The molecule has 0 aromatic rings. The highest BCUT2D eigenvalue weighted by molar-refractivity contribution is 4.77. The molecule has 1 aliphatic rings. The highest BCUT2D eigenvalue weighted by Crippen LogP contribution is 2.15. The summed E-state index contributed by atoms with van der Waals surface area (Å²) < 4.78 is 5.70. The van der Waals surface area contributed by atoms with Crippen molar-refractivity contribution in [2.24, 2.45) is 0 Å². The van der Waals surface area contributed by atoms with Gasteiger partial charge in [0.2, 0.25) is 0 Å². The molecule has 2 nitrogen and oxygen atoms in total. The topological polar surface area (TPSA) is 12.5 Å². The fourth-order valence-electron chi connectivity index (χ4n) is 2.18. The summed E-state index contributed by atoms with van der Waals surface area (Å²) in [5, 5.41) is 0. The Morgan fingerprint density at radius 2 is 1.85 bits per heavy atom. The second kappa shape index (κ2) is 4.97. The van der Waals surface area contributed by atoms with Gasteiger partial charge in [-0.3, -0.25) is 4.90 Å². The molecule has 0 bridgehead atoms. The summed E-state index contributed by atoms with van der Waals surface area (Å²) in [4.78, 5) is 2.56. The summed E-state index contributed by atoms with van der Waals surface area (Å²) >= 11 is 0. The fourth-order valence-corrected chi connectivity index (χ4v) is 2.18. The predicted molar refractivity (Wildman–Crippen MR) is 56.0 cm³/mol. The summed E-state index contributed by atoms with van der Waals surface area (Å²) in [6.45, 7) is 11.1. The summed E-state index contributed by atoms with van der Waals surface area (Å²) in [7, 11) is 0. The first-order chi connectivity index (χ1) is 6.13. The van der Waals surface area contributed by atoms with Crippen molar-refractivity contribution in [2.75, 3.05) is 13.1 Å². The third kappa shape index (κ3) is 3.28. The first-order valence-electron chi connectivity index (χ1n) is 5.53. The van der Waals surface area contributed by atoms with E-state index in [2.05, 4.69) is 32.6 Å². The zero-order valence-electron chi connectivity index (χ0n) is 9.42. The third-order valence-electron chi connectivity index (χ3n) is 2.78. The van der Waals surface area contributed by atoms with Crippen LogP contribution in [0.4, 0.5) is 0 Å². The second-order valence-electron chi connectivity index (χ2n) is 4.35. The van der Waals surface area contributed by atoms with Crippen LogP contribution < -0.4 is 0 Å². The molecule has 0 spiro atoms. The van der Waals surface area contributed by atoms with Crippen LogP contribution in [-0.4, -0.2) is 36.2 Å². The van der Waals surface area contributed by atoms with Crippen LogP contribution in [0.2, 0.25) is 0 Å². The summed E-state index contributed by atoms with van der Waals surface area (Å²) in [6.07, 6.45) is 3.40. The van der Waals surface area contributed by atoms with Crippen LogP contribution in [0, 0.1) is 0 Å². The molecule has 0 N–H and O–H groups in total. The molecule has 78 valence electrons. The van der Waals surface area contributed by atoms with Crippen LogP contribution in [0.15, 0.2) is 0 Å². The van der Waals surface area contributed by atoms with Gasteiger partial charge in [0.05, 0.1) is 12.2 Å². The van der Waals surface area contributed by atoms with Crippen LogP contribution in [-0.2, 0) is 4.74 Å². The standard InChI is InChI=1S/C11H23NO/c1-5-6-9(2)12-7-10(3)13-11(4)8-12/h9-11H,5-8H2,1-4H3/t9?,10-,11-/m1/s1. The molecule has 2 heteroatoms. The SMILES string of the molecule is CCCC(C)N1C[C@@H](C)O[C@H](C)C1. The Bertz CT molecular complexity index is 139. The Morgan fingerprint density at radius 1 is 1.31 bits per heavy atom. The number of morpholine rings is 1. The van der Waals surface area contributed by atoms with Gasteiger partial charge in [-0.15, -0.1) is 0 Å². The van der Waals surface area contributed by atoms with Gasteiger partial charge in [-0.05, 0) is 27.2 Å². The van der Waals surface area contributed by atoms with Crippen LogP contribution >= 0.6 is 0 Å². The lowest BCUT2D eigenvalue weighted by molar-refractivity contribution is -0.0791. The summed E-state index contributed by atoms with van der Waals surface area (Å²) in [5.41, 5.74) is 0. The van der Waals surface area contributed by atoms with Crippen molar-refractivity contribution in [3.63, 3.8) is 0 Å². The smallest absolute Gasteiger partial charge is 0.0678 e. The zero-order valence-corrected chi connectivity index (χ0v) is 9.42. The van der Waals surface area contributed by atoms with Gasteiger partial charge in [0, 0.05) is 19.1 Å². The maximum atomic E-state index is 5.70. The van der Waals surface area contributed by atoms with E-state index in [4.69, 9.17) is 4.74 Å². The second-order valence-corrected chi connectivity index (χ2v) is 4.35. The van der Waals surface area contributed by atoms with Crippen LogP contribution in [0.25, 0.3) is 0 Å². The number of hydrogen-bond acceptors (Lipinski definition) is 2. The van der Waals surface area contributed by atoms with Crippen molar-refractivity contribution < 1.29 is 4.74 Å². The number of hydrogen-bond donors (Lipinski definition) is 0. The van der Waals surface area contributed by atoms with Crippen LogP contribution in [0.3, 0.4) is 0 Å². The lowest BCUT2D eigenvalue weighted by Crippen LogP contribution is -2.49. The molecule has 0 aromatic heterocycles. The van der Waals surface area contributed by atoms with Crippen molar-refractivity contribution in [3.8, 4) is 0 Å². The molecule has 0 aromatic carbocycles. The van der Waals surface area contributed by atoms with E-state index in [1.807, 2.05) is 0 Å². The molecule has 0 radical (unpaired) electrons. The average Bonchev–Trinajstić information content (AvgIpc) is 2.03. The van der Waals surface area contributed by atoms with Crippen LogP contribution in [0.1, 0.15) is 40.5 Å². The van der Waals surface area contributed by atoms with Crippen LogP contribution in [0.5, 0.6) is 0 Å². The Labute approximate surface area is 82.3 Å². The summed E-state index contributed by atoms with van der Waals surface area (Å²) in [6, 6.07) is 0.721. The minimum Gasteiger partial charge on any atom is -0.373 e. The molecule has 0 saturated carbocycles. The molecule has 1 unspecified atom stereocenters. The molecule has 1 fully saturated rings. The van der Waals surface area contributed by atoms with E-state index in [1.54, 1.807) is 0 Å². The van der Waals surface area contributed by atoms with E-state index in [1.165, 1.54) is 12.8 Å². The van der Waals surface area contributed by atoms with Gasteiger partial charge in [0.25, 0.3) is 0 Å². The number of rotatable bonds is 3. The Balaban J connectivity index is 2.40. The highest BCUT2D eigenvalue weighted by atomic mass is 16.5. The van der Waals surface area contributed by atoms with Gasteiger partial charge in [0.15, 0.2) is 0 Å². The molecule has 1 aliphatic heterocycles. The lowest BCUT2D eigenvalue weighted by Gasteiger charge is -2.38. The van der Waals surface area contributed by atoms with Gasteiger partial charge in [-0.2, -0.15) is 0 Å². The Kier molecular flexibility index (Phi) is 4.20.